The van der Waals surface area contributed by atoms with E-state index < -0.39 is 0 Å². The number of anilines is 1. The first kappa shape index (κ1) is 19.1. The van der Waals surface area contributed by atoms with Crippen molar-refractivity contribution in [1.82, 2.24) is 9.88 Å². The van der Waals surface area contributed by atoms with Crippen molar-refractivity contribution in [3.63, 3.8) is 0 Å². The van der Waals surface area contributed by atoms with Gasteiger partial charge in [0.2, 0.25) is 11.8 Å². The van der Waals surface area contributed by atoms with E-state index in [1.54, 1.807) is 23.1 Å². The fourth-order valence-electron chi connectivity index (χ4n) is 3.10. The highest BCUT2D eigenvalue weighted by molar-refractivity contribution is 6.30. The number of hydrogen-bond donors (Lipinski definition) is 1. The van der Waals surface area contributed by atoms with E-state index in [0.29, 0.717) is 36.8 Å². The lowest BCUT2D eigenvalue weighted by molar-refractivity contribution is -0.130. The van der Waals surface area contributed by atoms with Crippen LogP contribution in [0.15, 0.2) is 54.7 Å². The SMILES string of the molecule is C/C(=C/C(=O)N1CCC(C(=O)Nc2ccc(Cl)cn2)CC1)c1ccccc1. The first-order valence-corrected chi connectivity index (χ1v) is 9.36. The molecule has 6 heteroatoms. The van der Waals surface area contributed by atoms with Crippen LogP contribution in [-0.4, -0.2) is 34.8 Å². The van der Waals surface area contributed by atoms with E-state index in [-0.39, 0.29) is 17.7 Å². The van der Waals surface area contributed by atoms with Gasteiger partial charge in [-0.3, -0.25) is 9.59 Å². The molecule has 1 aliphatic rings. The van der Waals surface area contributed by atoms with E-state index in [1.165, 1.54) is 6.20 Å². The molecule has 0 radical (unpaired) electrons. The van der Waals surface area contributed by atoms with Gasteiger partial charge in [0.05, 0.1) is 5.02 Å². The van der Waals surface area contributed by atoms with Crippen LogP contribution in [0.4, 0.5) is 5.82 Å². The highest BCUT2D eigenvalue weighted by Crippen LogP contribution is 2.21. The Balaban J connectivity index is 1.53. The molecule has 2 aromatic rings. The third-order valence-electron chi connectivity index (χ3n) is 4.73. The van der Waals surface area contributed by atoms with Crippen molar-refractivity contribution < 1.29 is 9.59 Å². The quantitative estimate of drug-likeness (QED) is 0.811. The second-order valence-corrected chi connectivity index (χ2v) is 7.08. The van der Waals surface area contributed by atoms with Crippen LogP contribution >= 0.6 is 11.6 Å². The molecule has 140 valence electrons. The molecule has 2 amide bonds. The summed E-state index contributed by atoms with van der Waals surface area (Å²) in [6.45, 7) is 3.08. The number of aromatic nitrogens is 1. The second-order valence-electron chi connectivity index (χ2n) is 6.64. The van der Waals surface area contributed by atoms with Crippen molar-refractivity contribution in [2.75, 3.05) is 18.4 Å². The molecule has 0 atom stereocenters. The van der Waals surface area contributed by atoms with Crippen LogP contribution in [0.3, 0.4) is 0 Å². The molecule has 5 nitrogen and oxygen atoms in total. The number of piperidine rings is 1. The summed E-state index contributed by atoms with van der Waals surface area (Å²) in [6, 6.07) is 13.2. The van der Waals surface area contributed by atoms with Crippen molar-refractivity contribution in [1.29, 1.82) is 0 Å². The standard InChI is InChI=1S/C21H22ClN3O2/c1-15(16-5-3-2-4-6-16)13-20(26)25-11-9-17(10-12-25)21(27)24-19-8-7-18(22)14-23-19/h2-8,13-14,17H,9-12H2,1H3,(H,23,24,27)/b15-13-. The molecule has 27 heavy (non-hydrogen) atoms. The van der Waals surface area contributed by atoms with E-state index in [1.807, 2.05) is 37.3 Å². The largest absolute Gasteiger partial charge is 0.339 e. The smallest absolute Gasteiger partial charge is 0.246 e. The Morgan fingerprint density at radius 1 is 1.15 bits per heavy atom. The number of amides is 2. The number of benzene rings is 1. The molecule has 2 heterocycles. The number of nitrogens with zero attached hydrogens (tertiary/aromatic N) is 2. The van der Waals surface area contributed by atoms with Crippen LogP contribution < -0.4 is 5.32 Å². The summed E-state index contributed by atoms with van der Waals surface area (Å²) < 4.78 is 0. The molecule has 0 spiro atoms. The number of rotatable bonds is 4. The fraction of sp³-hybridized carbons (Fsp3) is 0.286. The number of halogens is 1. The predicted molar refractivity (Wildman–Crippen MR) is 107 cm³/mol. The maximum absolute atomic E-state index is 12.5. The minimum atomic E-state index is -0.120. The number of pyridine rings is 1. The third kappa shape index (κ3) is 5.17. The van der Waals surface area contributed by atoms with E-state index >= 15 is 0 Å². The maximum Gasteiger partial charge on any atom is 0.246 e. The van der Waals surface area contributed by atoms with Crippen LogP contribution in [0.25, 0.3) is 5.57 Å². The Morgan fingerprint density at radius 2 is 1.85 bits per heavy atom. The molecule has 1 N–H and O–H groups in total. The van der Waals surface area contributed by atoms with Crippen molar-refractivity contribution in [3.8, 4) is 0 Å². The van der Waals surface area contributed by atoms with E-state index in [2.05, 4.69) is 10.3 Å². The van der Waals surface area contributed by atoms with Crippen LogP contribution in [0.5, 0.6) is 0 Å². The van der Waals surface area contributed by atoms with Crippen molar-refractivity contribution >= 4 is 34.8 Å². The lowest BCUT2D eigenvalue weighted by Crippen LogP contribution is -2.40. The average molecular weight is 384 g/mol. The molecule has 1 aromatic heterocycles. The lowest BCUT2D eigenvalue weighted by atomic mass is 9.95. The summed E-state index contributed by atoms with van der Waals surface area (Å²) in [6.07, 6.45) is 4.46. The zero-order valence-electron chi connectivity index (χ0n) is 15.2. The van der Waals surface area contributed by atoms with Gasteiger partial charge < -0.3 is 10.2 Å². The third-order valence-corrected chi connectivity index (χ3v) is 4.95. The number of likely N-dealkylation sites (tertiary alicyclic amines) is 1. The van der Waals surface area contributed by atoms with Crippen molar-refractivity contribution in [3.05, 3.63) is 65.3 Å². The molecule has 0 saturated carbocycles. The zero-order valence-corrected chi connectivity index (χ0v) is 15.9. The van der Waals surface area contributed by atoms with Gasteiger partial charge in [-0.05, 0) is 43.0 Å². The molecule has 1 fully saturated rings. The second kappa shape index (κ2) is 8.82. The molecule has 1 saturated heterocycles. The maximum atomic E-state index is 12.5. The first-order chi connectivity index (χ1) is 13.0. The highest BCUT2D eigenvalue weighted by atomic mass is 35.5. The summed E-state index contributed by atoms with van der Waals surface area (Å²) in [4.78, 5) is 30.8. The van der Waals surface area contributed by atoms with Crippen molar-refractivity contribution in [2.45, 2.75) is 19.8 Å². The van der Waals surface area contributed by atoms with Gasteiger partial charge in [-0.15, -0.1) is 0 Å². The normalized spacial score (nSPS) is 15.5. The molecule has 1 aliphatic heterocycles. The van der Waals surface area contributed by atoms with E-state index in [0.717, 1.165) is 11.1 Å². The molecule has 1 aromatic carbocycles. The fourth-order valence-corrected chi connectivity index (χ4v) is 3.21. The van der Waals surface area contributed by atoms with Crippen LogP contribution in [0.1, 0.15) is 25.3 Å². The molecular weight excluding hydrogens is 362 g/mol. The average Bonchev–Trinajstić information content (AvgIpc) is 2.70. The Bertz CT molecular complexity index is 826. The summed E-state index contributed by atoms with van der Waals surface area (Å²) in [5.41, 5.74) is 1.98. The first-order valence-electron chi connectivity index (χ1n) is 8.98. The Morgan fingerprint density at radius 3 is 2.48 bits per heavy atom. The van der Waals surface area contributed by atoms with E-state index in [9.17, 15) is 9.59 Å². The molecule has 3 rings (SSSR count). The highest BCUT2D eigenvalue weighted by Gasteiger charge is 2.27. The van der Waals surface area contributed by atoms with Gasteiger partial charge in [0.15, 0.2) is 0 Å². The number of allylic oxidation sites excluding steroid dienone is 1. The van der Waals surface area contributed by atoms with Crippen LogP contribution in [0.2, 0.25) is 5.02 Å². The van der Waals surface area contributed by atoms with Crippen LogP contribution in [0, 0.1) is 5.92 Å². The molecular formula is C21H22ClN3O2. The number of hydrogen-bond acceptors (Lipinski definition) is 3. The molecule has 0 aliphatic carbocycles. The molecule has 0 unspecified atom stereocenters. The van der Waals surface area contributed by atoms with Gasteiger partial charge in [0.1, 0.15) is 5.82 Å². The van der Waals surface area contributed by atoms with Gasteiger partial charge >= 0.3 is 0 Å². The number of carbonyl (C=O) groups excluding carboxylic acids is 2. The van der Waals surface area contributed by atoms with Gasteiger partial charge in [-0.25, -0.2) is 4.98 Å². The van der Waals surface area contributed by atoms with E-state index in [4.69, 9.17) is 11.6 Å². The summed E-state index contributed by atoms with van der Waals surface area (Å²) in [5.74, 6) is 0.303. The van der Waals surface area contributed by atoms with Gasteiger partial charge in [-0.1, -0.05) is 41.9 Å². The number of carbonyl (C=O) groups is 2. The molecule has 0 bridgehead atoms. The van der Waals surface area contributed by atoms with Gasteiger partial charge in [-0.2, -0.15) is 0 Å². The summed E-state index contributed by atoms with van der Waals surface area (Å²) in [7, 11) is 0. The lowest BCUT2D eigenvalue weighted by Gasteiger charge is -2.30. The van der Waals surface area contributed by atoms with Gasteiger partial charge in [0, 0.05) is 31.3 Å². The number of nitrogens with one attached hydrogen (secondary N) is 1. The van der Waals surface area contributed by atoms with Crippen LogP contribution in [-0.2, 0) is 9.59 Å². The van der Waals surface area contributed by atoms with Crippen molar-refractivity contribution in [2.24, 2.45) is 5.92 Å². The van der Waals surface area contributed by atoms with Gasteiger partial charge in [0.25, 0.3) is 0 Å². The Kier molecular flexibility index (Phi) is 6.24. The Hall–Kier alpha value is -2.66. The topological polar surface area (TPSA) is 62.3 Å². The Labute approximate surface area is 164 Å². The zero-order chi connectivity index (χ0) is 19.2. The summed E-state index contributed by atoms with van der Waals surface area (Å²) >= 11 is 5.80. The minimum absolute atomic E-state index is 0.00502. The minimum Gasteiger partial charge on any atom is -0.339 e. The summed E-state index contributed by atoms with van der Waals surface area (Å²) in [5, 5.41) is 3.34. The predicted octanol–water partition coefficient (Wildman–Crippen LogP) is 4.02. The monoisotopic (exact) mass is 383 g/mol.